The smallest absolute Gasteiger partial charge is 0.146 e. The largest absolute Gasteiger partial charge is 0.378 e. The Labute approximate surface area is 136 Å². The van der Waals surface area contributed by atoms with Crippen LogP contribution in [0.25, 0.3) is 0 Å². The van der Waals surface area contributed by atoms with Crippen molar-refractivity contribution < 1.29 is 4.39 Å². The number of hydrogen-bond acceptors (Lipinski definition) is 2. The fourth-order valence-corrected chi connectivity index (χ4v) is 3.89. The summed E-state index contributed by atoms with van der Waals surface area (Å²) in [5.41, 5.74) is 4.16. The van der Waals surface area contributed by atoms with Gasteiger partial charge in [0.2, 0.25) is 0 Å². The number of nitrogens with zero attached hydrogens (tertiary/aromatic N) is 1. The minimum atomic E-state index is -0.156. The van der Waals surface area contributed by atoms with Gasteiger partial charge in [0.25, 0.3) is 0 Å². The van der Waals surface area contributed by atoms with E-state index in [0.717, 1.165) is 12.0 Å². The van der Waals surface area contributed by atoms with Crippen LogP contribution < -0.4 is 10.2 Å². The number of rotatable bonds is 2. The van der Waals surface area contributed by atoms with Crippen LogP contribution in [0.4, 0.5) is 15.8 Å². The quantitative estimate of drug-likeness (QED) is 0.808. The van der Waals surface area contributed by atoms with Crippen molar-refractivity contribution in [2.24, 2.45) is 5.92 Å². The lowest BCUT2D eigenvalue weighted by molar-refractivity contribution is 0.421. The van der Waals surface area contributed by atoms with Crippen LogP contribution in [0.2, 0.25) is 0 Å². The first kappa shape index (κ1) is 14.3. The molecule has 1 aliphatic carbocycles. The van der Waals surface area contributed by atoms with E-state index in [-0.39, 0.29) is 11.9 Å². The molecule has 2 aromatic carbocycles. The van der Waals surface area contributed by atoms with Crippen molar-refractivity contribution in [2.45, 2.75) is 18.4 Å². The molecular weight excluding hydrogens is 287 g/mol. The van der Waals surface area contributed by atoms with Gasteiger partial charge in [-0.05, 0) is 41.7 Å². The first-order chi connectivity index (χ1) is 11.1. The summed E-state index contributed by atoms with van der Waals surface area (Å²) in [5.74, 6) is 0.603. The van der Waals surface area contributed by atoms with Crippen molar-refractivity contribution in [3.05, 3.63) is 71.6 Å². The lowest BCUT2D eigenvalue weighted by atomic mass is 9.77. The molecule has 23 heavy (non-hydrogen) atoms. The summed E-state index contributed by atoms with van der Waals surface area (Å²) in [6.07, 6.45) is 5.51. The van der Waals surface area contributed by atoms with E-state index in [1.165, 1.54) is 17.3 Å². The molecule has 118 valence electrons. The highest BCUT2D eigenvalue weighted by atomic mass is 19.1. The molecule has 3 heteroatoms. The second-order valence-electron chi connectivity index (χ2n) is 6.67. The minimum Gasteiger partial charge on any atom is -0.378 e. The molecule has 0 saturated heterocycles. The Kier molecular flexibility index (Phi) is 3.37. The summed E-state index contributed by atoms with van der Waals surface area (Å²) in [7, 11) is 4.08. The topological polar surface area (TPSA) is 15.3 Å². The second kappa shape index (κ2) is 5.41. The summed E-state index contributed by atoms with van der Waals surface area (Å²) in [6, 6.07) is 14.1. The van der Waals surface area contributed by atoms with E-state index in [2.05, 4.69) is 46.6 Å². The van der Waals surface area contributed by atoms with Gasteiger partial charge >= 0.3 is 0 Å². The molecule has 1 heterocycles. The normalized spacial score (nSPS) is 24.7. The third kappa shape index (κ3) is 2.31. The van der Waals surface area contributed by atoms with E-state index in [1.54, 1.807) is 0 Å². The minimum absolute atomic E-state index is 0.149. The molecule has 2 aromatic rings. The predicted molar refractivity (Wildman–Crippen MR) is 93.5 cm³/mol. The van der Waals surface area contributed by atoms with Crippen molar-refractivity contribution in [1.29, 1.82) is 0 Å². The maximum absolute atomic E-state index is 14.3. The number of para-hydroxylation sites is 1. The molecule has 0 radical (unpaired) electrons. The van der Waals surface area contributed by atoms with E-state index < -0.39 is 0 Å². The zero-order valence-electron chi connectivity index (χ0n) is 13.5. The van der Waals surface area contributed by atoms with Crippen LogP contribution in [0, 0.1) is 11.7 Å². The summed E-state index contributed by atoms with van der Waals surface area (Å²) in [4.78, 5) is 2.09. The molecule has 4 rings (SSSR count). The van der Waals surface area contributed by atoms with Crippen LogP contribution in [0.15, 0.2) is 54.6 Å². The van der Waals surface area contributed by atoms with Gasteiger partial charge in [-0.2, -0.15) is 0 Å². The Morgan fingerprint density at radius 1 is 1.09 bits per heavy atom. The van der Waals surface area contributed by atoms with Crippen molar-refractivity contribution >= 4 is 11.4 Å². The lowest BCUT2D eigenvalue weighted by Gasteiger charge is -2.37. The standard InChI is InChI=1S/C20H21FN2/c1-23(2)14-11-9-13(10-12-14)19-16-6-3-5-15(16)17-7-4-8-18(21)20(17)22-19/h3-5,7-12,15-16,19,22H,6H2,1-2H3. The summed E-state index contributed by atoms with van der Waals surface area (Å²) >= 11 is 0. The fourth-order valence-electron chi connectivity index (χ4n) is 3.89. The summed E-state index contributed by atoms with van der Waals surface area (Å²) in [5, 5.41) is 3.47. The molecule has 0 amide bonds. The van der Waals surface area contributed by atoms with Gasteiger partial charge in [0, 0.05) is 25.7 Å². The Bertz CT molecular complexity index is 749. The molecule has 0 aromatic heterocycles. The maximum atomic E-state index is 14.3. The van der Waals surface area contributed by atoms with Crippen LogP contribution in [0.1, 0.15) is 29.5 Å². The van der Waals surface area contributed by atoms with Crippen LogP contribution in [-0.4, -0.2) is 14.1 Å². The highest BCUT2D eigenvalue weighted by Gasteiger charge is 2.38. The van der Waals surface area contributed by atoms with Gasteiger partial charge in [-0.1, -0.05) is 36.4 Å². The van der Waals surface area contributed by atoms with Crippen molar-refractivity contribution in [3.8, 4) is 0 Å². The van der Waals surface area contributed by atoms with Crippen LogP contribution in [0.3, 0.4) is 0 Å². The highest BCUT2D eigenvalue weighted by Crippen LogP contribution is 2.50. The van der Waals surface area contributed by atoms with Gasteiger partial charge in [-0.25, -0.2) is 4.39 Å². The number of benzene rings is 2. The van der Waals surface area contributed by atoms with Gasteiger partial charge < -0.3 is 10.2 Å². The van der Waals surface area contributed by atoms with Crippen LogP contribution in [-0.2, 0) is 0 Å². The lowest BCUT2D eigenvalue weighted by Crippen LogP contribution is -2.29. The third-order valence-corrected chi connectivity index (χ3v) is 5.11. The van der Waals surface area contributed by atoms with Gasteiger partial charge in [-0.3, -0.25) is 0 Å². The number of anilines is 2. The number of halogens is 1. The molecule has 1 aliphatic heterocycles. The van der Waals surface area contributed by atoms with E-state index in [9.17, 15) is 4.39 Å². The monoisotopic (exact) mass is 308 g/mol. The van der Waals surface area contributed by atoms with E-state index in [0.29, 0.717) is 17.5 Å². The number of nitrogens with one attached hydrogen (secondary N) is 1. The number of hydrogen-bond donors (Lipinski definition) is 1. The Hall–Kier alpha value is -2.29. The summed E-state index contributed by atoms with van der Waals surface area (Å²) in [6.45, 7) is 0. The van der Waals surface area contributed by atoms with Crippen LogP contribution >= 0.6 is 0 Å². The molecular formula is C20H21FN2. The SMILES string of the molecule is CN(C)c1ccc(C2Nc3c(F)cccc3C3C=CCC32)cc1. The molecule has 0 fully saturated rings. The van der Waals surface area contributed by atoms with E-state index in [4.69, 9.17) is 0 Å². The zero-order valence-corrected chi connectivity index (χ0v) is 13.5. The van der Waals surface area contributed by atoms with Gasteiger partial charge in [0.1, 0.15) is 5.82 Å². The molecule has 3 atom stereocenters. The molecule has 1 N–H and O–H groups in total. The predicted octanol–water partition coefficient (Wildman–Crippen LogP) is 4.72. The van der Waals surface area contributed by atoms with Gasteiger partial charge in [-0.15, -0.1) is 0 Å². The first-order valence-electron chi connectivity index (χ1n) is 8.14. The Balaban J connectivity index is 1.74. The average molecular weight is 308 g/mol. The molecule has 2 aliphatic rings. The Morgan fingerprint density at radius 3 is 2.61 bits per heavy atom. The zero-order chi connectivity index (χ0) is 16.0. The fraction of sp³-hybridized carbons (Fsp3) is 0.300. The van der Waals surface area contributed by atoms with Crippen molar-refractivity contribution in [1.82, 2.24) is 0 Å². The van der Waals surface area contributed by atoms with Gasteiger partial charge in [0.05, 0.1) is 11.7 Å². The molecule has 0 spiro atoms. The first-order valence-corrected chi connectivity index (χ1v) is 8.14. The summed E-state index contributed by atoms with van der Waals surface area (Å²) < 4.78 is 14.3. The molecule has 0 saturated carbocycles. The van der Waals surface area contributed by atoms with Crippen molar-refractivity contribution in [3.63, 3.8) is 0 Å². The van der Waals surface area contributed by atoms with Crippen molar-refractivity contribution in [2.75, 3.05) is 24.3 Å². The Morgan fingerprint density at radius 2 is 1.87 bits per heavy atom. The van der Waals surface area contributed by atoms with Gasteiger partial charge in [0.15, 0.2) is 0 Å². The van der Waals surface area contributed by atoms with E-state index >= 15 is 0 Å². The third-order valence-electron chi connectivity index (χ3n) is 5.11. The van der Waals surface area contributed by atoms with E-state index in [1.807, 2.05) is 26.2 Å². The molecule has 2 nitrogen and oxygen atoms in total. The number of fused-ring (bicyclic) bond motifs is 3. The second-order valence-corrected chi connectivity index (χ2v) is 6.67. The highest BCUT2D eigenvalue weighted by molar-refractivity contribution is 5.61. The van der Waals surface area contributed by atoms with Crippen LogP contribution in [0.5, 0.6) is 0 Å². The number of allylic oxidation sites excluding steroid dienone is 2. The molecule has 0 bridgehead atoms. The average Bonchev–Trinajstić information content (AvgIpc) is 3.04. The molecule has 3 unspecified atom stereocenters. The maximum Gasteiger partial charge on any atom is 0.146 e.